The van der Waals surface area contributed by atoms with Crippen LogP contribution in [-0.2, 0) is 14.3 Å². The number of esters is 1. The van der Waals surface area contributed by atoms with Gasteiger partial charge in [0, 0.05) is 12.3 Å². The van der Waals surface area contributed by atoms with Crippen LogP contribution in [0.5, 0.6) is 0 Å². The lowest BCUT2D eigenvalue weighted by Gasteiger charge is -2.18. The molecule has 5 nitrogen and oxygen atoms in total. The first-order chi connectivity index (χ1) is 14.7. The zero-order chi connectivity index (χ0) is 21.3. The van der Waals surface area contributed by atoms with Crippen molar-refractivity contribution >= 4 is 11.9 Å². The monoisotopic (exact) mass is 406 g/mol. The molecular weight excluding hydrogens is 376 g/mol. The van der Waals surface area contributed by atoms with Crippen LogP contribution in [0.1, 0.15) is 49.1 Å². The van der Waals surface area contributed by atoms with E-state index in [0.29, 0.717) is 25.8 Å². The summed E-state index contributed by atoms with van der Waals surface area (Å²) < 4.78 is 5.15. The average Bonchev–Trinajstić information content (AvgIpc) is 3.09. The third kappa shape index (κ3) is 5.16. The number of carbonyl (C=O) groups is 2. The van der Waals surface area contributed by atoms with Crippen molar-refractivity contribution < 1.29 is 14.3 Å². The Labute approximate surface area is 178 Å². The van der Waals surface area contributed by atoms with Crippen LogP contribution in [-0.4, -0.2) is 31.1 Å². The number of carbonyl (C=O) groups excluding carboxylic acids is 2. The van der Waals surface area contributed by atoms with Gasteiger partial charge in [-0.15, -0.1) is 0 Å². The number of nitrogens with two attached hydrogens (primary N) is 1. The molecule has 0 heterocycles. The lowest BCUT2D eigenvalue weighted by atomic mass is 9.92. The number of unbranched alkanes of at least 4 members (excludes halogenated alkanes) is 1. The minimum atomic E-state index is -0.646. The average molecular weight is 407 g/mol. The van der Waals surface area contributed by atoms with Gasteiger partial charge in [0.25, 0.3) is 0 Å². The van der Waals surface area contributed by atoms with Gasteiger partial charge in [0.05, 0.1) is 0 Å². The first kappa shape index (κ1) is 21.8. The second-order valence-electron chi connectivity index (χ2n) is 7.59. The van der Waals surface area contributed by atoms with Crippen LogP contribution in [0.25, 0.3) is 11.1 Å². The SMILES string of the molecule is C=CCOC(=O)C(CCCCN)NC(=O)CCC1c2ccccc2-c2ccccc21. The van der Waals surface area contributed by atoms with E-state index in [1.165, 1.54) is 28.3 Å². The quantitative estimate of drug-likeness (QED) is 0.337. The maximum atomic E-state index is 12.7. The maximum absolute atomic E-state index is 12.7. The van der Waals surface area contributed by atoms with Crippen LogP contribution in [0.15, 0.2) is 61.2 Å². The van der Waals surface area contributed by atoms with Gasteiger partial charge in [0.15, 0.2) is 0 Å². The second-order valence-corrected chi connectivity index (χ2v) is 7.59. The van der Waals surface area contributed by atoms with E-state index in [1.54, 1.807) is 0 Å². The predicted octanol–water partition coefficient (Wildman–Crippen LogP) is 3.92. The number of hydrogen-bond acceptors (Lipinski definition) is 4. The number of rotatable bonds is 11. The molecule has 2 aromatic carbocycles. The molecule has 5 heteroatoms. The summed E-state index contributed by atoms with van der Waals surface area (Å²) in [5, 5.41) is 2.87. The molecule has 3 rings (SSSR count). The summed E-state index contributed by atoms with van der Waals surface area (Å²) in [5.74, 6) is -0.367. The van der Waals surface area contributed by atoms with Crippen molar-refractivity contribution in [3.8, 4) is 11.1 Å². The van der Waals surface area contributed by atoms with Gasteiger partial charge >= 0.3 is 5.97 Å². The number of fused-ring (bicyclic) bond motifs is 3. The predicted molar refractivity (Wildman–Crippen MR) is 119 cm³/mol. The van der Waals surface area contributed by atoms with Gasteiger partial charge < -0.3 is 15.8 Å². The highest BCUT2D eigenvalue weighted by Crippen LogP contribution is 2.46. The van der Waals surface area contributed by atoms with E-state index in [9.17, 15) is 9.59 Å². The summed E-state index contributed by atoms with van der Waals surface area (Å²) >= 11 is 0. The summed E-state index contributed by atoms with van der Waals surface area (Å²) in [7, 11) is 0. The zero-order valence-electron chi connectivity index (χ0n) is 17.3. The lowest BCUT2D eigenvalue weighted by Crippen LogP contribution is -2.42. The fourth-order valence-electron chi connectivity index (χ4n) is 4.10. The highest BCUT2D eigenvalue weighted by molar-refractivity contribution is 5.85. The van der Waals surface area contributed by atoms with E-state index >= 15 is 0 Å². The van der Waals surface area contributed by atoms with Gasteiger partial charge in [-0.25, -0.2) is 4.79 Å². The molecule has 1 aliphatic rings. The first-order valence-corrected chi connectivity index (χ1v) is 10.6. The van der Waals surface area contributed by atoms with Crippen molar-refractivity contribution in [1.82, 2.24) is 5.32 Å². The number of nitrogens with one attached hydrogen (secondary N) is 1. The molecule has 0 aliphatic heterocycles. The normalized spacial score (nSPS) is 13.2. The van der Waals surface area contributed by atoms with Crippen LogP contribution < -0.4 is 11.1 Å². The Hall–Kier alpha value is -2.92. The number of hydrogen-bond donors (Lipinski definition) is 2. The molecule has 0 aromatic heterocycles. The molecule has 0 radical (unpaired) electrons. The Balaban J connectivity index is 1.63. The van der Waals surface area contributed by atoms with Crippen molar-refractivity contribution in [2.75, 3.05) is 13.2 Å². The van der Waals surface area contributed by atoms with Gasteiger partial charge in [0.2, 0.25) is 5.91 Å². The third-order valence-electron chi connectivity index (χ3n) is 5.53. The molecule has 2 aromatic rings. The summed E-state index contributed by atoms with van der Waals surface area (Å²) in [4.78, 5) is 25.0. The topological polar surface area (TPSA) is 81.4 Å². The van der Waals surface area contributed by atoms with Gasteiger partial charge in [-0.3, -0.25) is 4.79 Å². The second kappa shape index (κ2) is 10.7. The Morgan fingerprint density at radius 2 is 1.70 bits per heavy atom. The standard InChI is InChI=1S/C25H30N2O3/c1-2-17-30-25(29)23(13-7-8-16-26)27-24(28)15-14-22-20-11-5-3-9-18(20)19-10-4-6-12-21(19)22/h2-6,9-12,22-23H,1,7-8,13-17,26H2,(H,27,28). The highest BCUT2D eigenvalue weighted by Gasteiger charge is 2.29. The first-order valence-electron chi connectivity index (χ1n) is 10.6. The van der Waals surface area contributed by atoms with Crippen LogP contribution in [0, 0.1) is 0 Å². The van der Waals surface area contributed by atoms with Gasteiger partial charge in [-0.1, -0.05) is 61.2 Å². The van der Waals surface area contributed by atoms with Crippen molar-refractivity contribution in [1.29, 1.82) is 0 Å². The maximum Gasteiger partial charge on any atom is 0.328 e. The molecule has 0 bridgehead atoms. The molecule has 1 aliphatic carbocycles. The molecule has 0 fully saturated rings. The molecule has 1 atom stereocenters. The van der Waals surface area contributed by atoms with Crippen LogP contribution >= 0.6 is 0 Å². The van der Waals surface area contributed by atoms with Crippen molar-refractivity contribution in [2.24, 2.45) is 5.73 Å². The van der Waals surface area contributed by atoms with E-state index in [2.05, 4.69) is 36.2 Å². The molecule has 30 heavy (non-hydrogen) atoms. The number of ether oxygens (including phenoxy) is 1. The van der Waals surface area contributed by atoms with E-state index in [4.69, 9.17) is 10.5 Å². The lowest BCUT2D eigenvalue weighted by molar-refractivity contribution is -0.147. The molecule has 0 saturated heterocycles. The summed E-state index contributed by atoms with van der Waals surface area (Å²) in [6.45, 7) is 4.25. The van der Waals surface area contributed by atoms with E-state index in [0.717, 1.165) is 12.8 Å². The van der Waals surface area contributed by atoms with Gasteiger partial charge in [0.1, 0.15) is 12.6 Å². The minimum absolute atomic E-state index is 0.134. The minimum Gasteiger partial charge on any atom is -0.460 e. The Kier molecular flexibility index (Phi) is 7.80. The fraction of sp³-hybridized carbons (Fsp3) is 0.360. The van der Waals surface area contributed by atoms with Crippen LogP contribution in [0.3, 0.4) is 0 Å². The van der Waals surface area contributed by atoms with Gasteiger partial charge in [-0.05, 0) is 54.5 Å². The third-order valence-corrected chi connectivity index (χ3v) is 5.53. The molecule has 0 spiro atoms. The summed E-state index contributed by atoms with van der Waals surface area (Å²) in [6, 6.07) is 16.1. The van der Waals surface area contributed by atoms with E-state index < -0.39 is 12.0 Å². The van der Waals surface area contributed by atoms with Crippen molar-refractivity contribution in [3.05, 3.63) is 72.3 Å². The highest BCUT2D eigenvalue weighted by atomic mass is 16.5. The molecule has 1 amide bonds. The molecule has 3 N–H and O–H groups in total. The molecule has 158 valence electrons. The molecule has 0 saturated carbocycles. The van der Waals surface area contributed by atoms with Crippen molar-refractivity contribution in [2.45, 2.75) is 44.1 Å². The van der Waals surface area contributed by atoms with Crippen LogP contribution in [0.4, 0.5) is 0 Å². The Bertz CT molecular complexity index is 848. The van der Waals surface area contributed by atoms with E-state index in [1.807, 2.05) is 24.3 Å². The number of amides is 1. The van der Waals surface area contributed by atoms with E-state index in [-0.39, 0.29) is 18.4 Å². The van der Waals surface area contributed by atoms with Crippen molar-refractivity contribution in [3.63, 3.8) is 0 Å². The summed E-state index contributed by atoms with van der Waals surface area (Å²) in [6.07, 6.45) is 4.64. The smallest absolute Gasteiger partial charge is 0.328 e. The molecule has 1 unspecified atom stereocenters. The Morgan fingerprint density at radius 3 is 2.30 bits per heavy atom. The van der Waals surface area contributed by atoms with Gasteiger partial charge in [-0.2, -0.15) is 0 Å². The Morgan fingerprint density at radius 1 is 1.07 bits per heavy atom. The van der Waals surface area contributed by atoms with Crippen LogP contribution in [0.2, 0.25) is 0 Å². The summed E-state index contributed by atoms with van der Waals surface area (Å²) in [5.41, 5.74) is 10.6. The number of benzene rings is 2. The fourth-order valence-corrected chi connectivity index (χ4v) is 4.10. The zero-order valence-corrected chi connectivity index (χ0v) is 17.3. The molecular formula is C25H30N2O3. The largest absolute Gasteiger partial charge is 0.460 e.